The van der Waals surface area contributed by atoms with Gasteiger partial charge in [0.25, 0.3) is 0 Å². The van der Waals surface area contributed by atoms with Crippen LogP contribution in [0.5, 0.6) is 0 Å². The minimum absolute atomic E-state index is 0.464. The zero-order valence-corrected chi connectivity index (χ0v) is 12.4. The van der Waals surface area contributed by atoms with Crippen molar-refractivity contribution < 1.29 is 0 Å². The van der Waals surface area contributed by atoms with Crippen LogP contribution in [-0.2, 0) is 0 Å². The van der Waals surface area contributed by atoms with Gasteiger partial charge in [0.05, 0.1) is 0 Å². The minimum atomic E-state index is 0.464. The number of nitrogens with one attached hydrogen (secondary N) is 1. The summed E-state index contributed by atoms with van der Waals surface area (Å²) in [6, 6.07) is 8.58. The average Bonchev–Trinajstić information content (AvgIpc) is 2.42. The van der Waals surface area contributed by atoms with E-state index in [0.29, 0.717) is 11.0 Å². The third-order valence-corrected chi connectivity index (χ3v) is 3.90. The predicted octanol–water partition coefficient (Wildman–Crippen LogP) is 2.61. The second kappa shape index (κ2) is 6.87. The van der Waals surface area contributed by atoms with E-state index in [4.69, 9.17) is 18.0 Å². The number of likely N-dealkylation sites (tertiary alicyclic amines) is 1. The van der Waals surface area contributed by atoms with Crippen LogP contribution in [0.2, 0.25) is 0 Å². The molecule has 1 fully saturated rings. The van der Waals surface area contributed by atoms with Crippen molar-refractivity contribution in [1.29, 1.82) is 0 Å². The fourth-order valence-electron chi connectivity index (χ4n) is 2.66. The van der Waals surface area contributed by atoms with Crippen molar-refractivity contribution >= 4 is 22.9 Å². The lowest BCUT2D eigenvalue weighted by molar-refractivity contribution is 0.219. The summed E-state index contributed by atoms with van der Waals surface area (Å²) in [5, 5.41) is 3.60. The van der Waals surface area contributed by atoms with E-state index in [1.165, 1.54) is 38.9 Å². The van der Waals surface area contributed by atoms with Crippen molar-refractivity contribution in [2.24, 2.45) is 5.73 Å². The summed E-state index contributed by atoms with van der Waals surface area (Å²) in [6.45, 7) is 5.82. The number of anilines is 1. The van der Waals surface area contributed by atoms with Crippen LogP contribution in [0, 0.1) is 0 Å². The zero-order valence-electron chi connectivity index (χ0n) is 11.6. The minimum Gasteiger partial charge on any atom is -0.389 e. The second-order valence-corrected chi connectivity index (χ2v) is 5.61. The van der Waals surface area contributed by atoms with Crippen LogP contribution >= 0.6 is 12.2 Å². The quantitative estimate of drug-likeness (QED) is 0.812. The monoisotopic (exact) mass is 277 g/mol. The number of hydrogen-bond donors (Lipinski definition) is 2. The van der Waals surface area contributed by atoms with E-state index in [0.717, 1.165) is 11.3 Å². The van der Waals surface area contributed by atoms with Crippen LogP contribution in [0.15, 0.2) is 24.3 Å². The molecule has 0 aliphatic carbocycles. The number of rotatable bonds is 5. The molecule has 1 saturated heterocycles. The van der Waals surface area contributed by atoms with E-state index in [9.17, 15) is 0 Å². The molecule has 0 amide bonds. The van der Waals surface area contributed by atoms with Crippen LogP contribution in [-0.4, -0.2) is 35.6 Å². The summed E-state index contributed by atoms with van der Waals surface area (Å²) in [5.74, 6) is 0. The van der Waals surface area contributed by atoms with Crippen molar-refractivity contribution in [1.82, 2.24) is 4.90 Å². The van der Waals surface area contributed by atoms with Gasteiger partial charge in [0.2, 0.25) is 0 Å². The highest BCUT2D eigenvalue weighted by Crippen LogP contribution is 2.20. The summed E-state index contributed by atoms with van der Waals surface area (Å²) >= 11 is 5.10. The molecule has 0 bridgehead atoms. The van der Waals surface area contributed by atoms with Gasteiger partial charge in [-0.2, -0.15) is 0 Å². The standard InChI is InChI=1S/C15H23N3S/c1-2-9-18-10-7-12(8-11-18)17-14-6-4-3-5-13(14)15(16)19/h3-6,12,17H,2,7-11H2,1H3,(H2,16,19). The van der Waals surface area contributed by atoms with Crippen molar-refractivity contribution in [2.45, 2.75) is 32.2 Å². The first-order valence-electron chi connectivity index (χ1n) is 7.08. The van der Waals surface area contributed by atoms with Crippen LogP contribution in [0.4, 0.5) is 5.69 Å². The lowest BCUT2D eigenvalue weighted by Gasteiger charge is -2.33. The van der Waals surface area contributed by atoms with Gasteiger partial charge in [0.15, 0.2) is 0 Å². The second-order valence-electron chi connectivity index (χ2n) is 5.17. The molecule has 1 aliphatic heterocycles. The third-order valence-electron chi connectivity index (χ3n) is 3.68. The maximum Gasteiger partial charge on any atom is 0.106 e. The molecule has 0 radical (unpaired) electrons. The SMILES string of the molecule is CCCN1CCC(Nc2ccccc2C(N)=S)CC1. The molecule has 3 nitrogen and oxygen atoms in total. The lowest BCUT2D eigenvalue weighted by atomic mass is 10.0. The maximum atomic E-state index is 5.76. The van der Waals surface area contributed by atoms with E-state index in [1.54, 1.807) is 0 Å². The molecule has 1 heterocycles. The fraction of sp³-hybridized carbons (Fsp3) is 0.533. The number of benzene rings is 1. The molecule has 19 heavy (non-hydrogen) atoms. The summed E-state index contributed by atoms with van der Waals surface area (Å²) in [4.78, 5) is 3.00. The van der Waals surface area contributed by atoms with E-state index in [1.807, 2.05) is 18.2 Å². The third kappa shape index (κ3) is 3.91. The van der Waals surface area contributed by atoms with E-state index in [-0.39, 0.29) is 0 Å². The lowest BCUT2D eigenvalue weighted by Crippen LogP contribution is -2.39. The molecule has 3 N–H and O–H groups in total. The average molecular weight is 277 g/mol. The van der Waals surface area contributed by atoms with Crippen molar-refractivity contribution in [2.75, 3.05) is 25.0 Å². The normalized spacial score (nSPS) is 17.3. The molecule has 0 unspecified atom stereocenters. The Morgan fingerprint density at radius 3 is 2.68 bits per heavy atom. The Kier molecular flexibility index (Phi) is 5.16. The highest BCUT2D eigenvalue weighted by Gasteiger charge is 2.19. The van der Waals surface area contributed by atoms with Gasteiger partial charge in [-0.25, -0.2) is 0 Å². The number of hydrogen-bond acceptors (Lipinski definition) is 3. The van der Waals surface area contributed by atoms with Gasteiger partial charge in [0.1, 0.15) is 4.99 Å². The van der Waals surface area contributed by atoms with E-state index >= 15 is 0 Å². The Morgan fingerprint density at radius 1 is 1.37 bits per heavy atom. The van der Waals surface area contributed by atoms with Gasteiger partial charge < -0.3 is 16.0 Å². The number of para-hydroxylation sites is 1. The van der Waals surface area contributed by atoms with Crippen molar-refractivity contribution in [3.63, 3.8) is 0 Å². The van der Waals surface area contributed by atoms with Crippen LogP contribution in [0.1, 0.15) is 31.7 Å². The molecule has 0 atom stereocenters. The smallest absolute Gasteiger partial charge is 0.106 e. The molecule has 2 rings (SSSR count). The first-order valence-corrected chi connectivity index (χ1v) is 7.49. The molecular formula is C15H23N3S. The Morgan fingerprint density at radius 2 is 2.05 bits per heavy atom. The van der Waals surface area contributed by atoms with Gasteiger partial charge >= 0.3 is 0 Å². The number of nitrogens with two attached hydrogens (primary N) is 1. The van der Waals surface area contributed by atoms with Crippen molar-refractivity contribution in [3.05, 3.63) is 29.8 Å². The highest BCUT2D eigenvalue weighted by atomic mass is 32.1. The van der Waals surface area contributed by atoms with Gasteiger partial charge in [0, 0.05) is 30.4 Å². The Labute approximate surface area is 121 Å². The van der Waals surface area contributed by atoms with Gasteiger partial charge in [-0.1, -0.05) is 31.3 Å². The molecule has 1 aromatic carbocycles. The van der Waals surface area contributed by atoms with E-state index in [2.05, 4.69) is 23.2 Å². The molecule has 0 aromatic heterocycles. The predicted molar refractivity (Wildman–Crippen MR) is 85.7 cm³/mol. The Bertz CT molecular complexity index is 425. The molecule has 1 aromatic rings. The Balaban J connectivity index is 1.94. The maximum absolute atomic E-state index is 5.76. The topological polar surface area (TPSA) is 41.3 Å². The van der Waals surface area contributed by atoms with Crippen molar-refractivity contribution in [3.8, 4) is 0 Å². The number of nitrogens with zero attached hydrogens (tertiary/aromatic N) is 1. The summed E-state index contributed by atoms with van der Waals surface area (Å²) in [6.07, 6.45) is 3.61. The van der Waals surface area contributed by atoms with Crippen LogP contribution in [0.3, 0.4) is 0 Å². The first kappa shape index (κ1) is 14.3. The van der Waals surface area contributed by atoms with Gasteiger partial charge in [-0.3, -0.25) is 0 Å². The summed E-state index contributed by atoms with van der Waals surface area (Å²) < 4.78 is 0. The zero-order chi connectivity index (χ0) is 13.7. The fourth-order valence-corrected chi connectivity index (χ4v) is 2.84. The first-order chi connectivity index (χ1) is 9.20. The molecular weight excluding hydrogens is 254 g/mol. The largest absolute Gasteiger partial charge is 0.389 e. The summed E-state index contributed by atoms with van der Waals surface area (Å²) in [5.41, 5.74) is 7.79. The van der Waals surface area contributed by atoms with E-state index < -0.39 is 0 Å². The molecule has 1 aliphatic rings. The van der Waals surface area contributed by atoms with Crippen LogP contribution < -0.4 is 11.1 Å². The Hall–Kier alpha value is -1.13. The molecule has 0 saturated carbocycles. The van der Waals surface area contributed by atoms with Crippen LogP contribution in [0.25, 0.3) is 0 Å². The molecule has 0 spiro atoms. The molecule has 4 heteroatoms. The van der Waals surface area contributed by atoms with Gasteiger partial charge in [-0.15, -0.1) is 0 Å². The number of thiocarbonyl (C=S) groups is 1. The molecule has 104 valence electrons. The highest BCUT2D eigenvalue weighted by molar-refractivity contribution is 7.80. The summed E-state index contributed by atoms with van der Waals surface area (Å²) in [7, 11) is 0. The van der Waals surface area contributed by atoms with Gasteiger partial charge in [-0.05, 0) is 37.9 Å². The number of piperidine rings is 1.